The molecule has 0 nitrogen and oxygen atoms in total. The van der Waals surface area contributed by atoms with E-state index < -0.39 is 0 Å². The fraction of sp³-hybridized carbons (Fsp3) is 0.571. The van der Waals surface area contributed by atoms with Gasteiger partial charge in [-0.2, -0.15) is 0 Å². The molecule has 0 aromatic carbocycles. The second-order valence-corrected chi connectivity index (χ2v) is 3.96. The molecule has 0 radical (unpaired) electrons. The van der Waals surface area contributed by atoms with Crippen molar-refractivity contribution in [1.29, 1.82) is 0 Å². The molecule has 1 aliphatic rings. The molecule has 0 unspecified atom stereocenters. The zero-order chi connectivity index (χ0) is 10.2. The molecule has 0 aliphatic heterocycles. The van der Waals surface area contributed by atoms with Crippen LogP contribution in [0.25, 0.3) is 0 Å². The Kier molecular flexibility index (Phi) is 5.36. The molecule has 0 atom stereocenters. The van der Waals surface area contributed by atoms with Crippen LogP contribution in [-0.2, 0) is 0 Å². The van der Waals surface area contributed by atoms with Crippen LogP contribution in [-0.4, -0.2) is 0 Å². The number of hydrogen-bond acceptors (Lipinski definition) is 0. The summed E-state index contributed by atoms with van der Waals surface area (Å²) in [4.78, 5) is 0. The Balaban J connectivity index is 2.14. The summed E-state index contributed by atoms with van der Waals surface area (Å²) < 4.78 is 0. The van der Waals surface area contributed by atoms with Gasteiger partial charge in [0.05, 0.1) is 0 Å². The van der Waals surface area contributed by atoms with Crippen LogP contribution < -0.4 is 0 Å². The summed E-state index contributed by atoms with van der Waals surface area (Å²) in [7, 11) is 0. The minimum Gasteiger partial charge on any atom is -0.0801 e. The predicted molar refractivity (Wildman–Crippen MR) is 64.4 cm³/mol. The third-order valence-electron chi connectivity index (χ3n) is 2.80. The van der Waals surface area contributed by atoms with E-state index in [4.69, 9.17) is 0 Å². The van der Waals surface area contributed by atoms with Gasteiger partial charge in [0.15, 0.2) is 0 Å². The van der Waals surface area contributed by atoms with Crippen molar-refractivity contribution in [3.05, 3.63) is 35.5 Å². The minimum atomic E-state index is 1.26. The van der Waals surface area contributed by atoms with Crippen LogP contribution in [0.15, 0.2) is 35.5 Å². The molecule has 0 aromatic heterocycles. The van der Waals surface area contributed by atoms with Crippen molar-refractivity contribution in [2.45, 2.75) is 52.4 Å². The van der Waals surface area contributed by atoms with Crippen molar-refractivity contribution in [1.82, 2.24) is 0 Å². The van der Waals surface area contributed by atoms with Crippen LogP contribution in [0.3, 0.4) is 0 Å². The van der Waals surface area contributed by atoms with E-state index in [9.17, 15) is 0 Å². The minimum absolute atomic E-state index is 1.26. The van der Waals surface area contributed by atoms with E-state index in [1.165, 1.54) is 49.7 Å². The van der Waals surface area contributed by atoms with Crippen LogP contribution >= 0.6 is 0 Å². The molecule has 1 aliphatic carbocycles. The SMILES string of the molecule is CC=C1C=CC=C1CCCCCCC. The highest BCUT2D eigenvalue weighted by atomic mass is 14.1. The Hall–Kier alpha value is -0.780. The van der Waals surface area contributed by atoms with E-state index in [1.807, 2.05) is 0 Å². The Bertz CT molecular complexity index is 241. The summed E-state index contributed by atoms with van der Waals surface area (Å²) >= 11 is 0. The van der Waals surface area contributed by atoms with Gasteiger partial charge < -0.3 is 0 Å². The molecule has 1 rings (SSSR count). The van der Waals surface area contributed by atoms with Crippen LogP contribution in [0.2, 0.25) is 0 Å². The Morgan fingerprint density at radius 2 is 1.93 bits per heavy atom. The van der Waals surface area contributed by atoms with Crippen molar-refractivity contribution >= 4 is 0 Å². The van der Waals surface area contributed by atoms with Gasteiger partial charge in [0, 0.05) is 0 Å². The highest BCUT2D eigenvalue weighted by Gasteiger charge is 2.04. The largest absolute Gasteiger partial charge is 0.0801 e. The van der Waals surface area contributed by atoms with E-state index in [2.05, 4.69) is 38.2 Å². The normalized spacial score (nSPS) is 17.9. The molecule has 0 fully saturated rings. The molecule has 78 valence electrons. The van der Waals surface area contributed by atoms with Gasteiger partial charge in [0.2, 0.25) is 0 Å². The third-order valence-corrected chi connectivity index (χ3v) is 2.80. The quantitative estimate of drug-likeness (QED) is 0.528. The lowest BCUT2D eigenvalue weighted by molar-refractivity contribution is 0.632. The highest BCUT2D eigenvalue weighted by Crippen LogP contribution is 2.23. The third kappa shape index (κ3) is 3.53. The number of hydrogen-bond donors (Lipinski definition) is 0. The van der Waals surface area contributed by atoms with Crippen molar-refractivity contribution in [3.8, 4) is 0 Å². The second-order valence-electron chi connectivity index (χ2n) is 3.96. The van der Waals surface area contributed by atoms with Crippen LogP contribution in [0.1, 0.15) is 52.4 Å². The van der Waals surface area contributed by atoms with Crippen molar-refractivity contribution < 1.29 is 0 Å². The van der Waals surface area contributed by atoms with E-state index in [0.717, 1.165) is 0 Å². The maximum atomic E-state index is 2.27. The summed E-state index contributed by atoms with van der Waals surface area (Å²) in [5.74, 6) is 0. The summed E-state index contributed by atoms with van der Waals surface area (Å²) in [6, 6.07) is 0. The van der Waals surface area contributed by atoms with E-state index in [1.54, 1.807) is 0 Å². The summed E-state index contributed by atoms with van der Waals surface area (Å²) in [6.07, 6.45) is 17.0. The molecule has 0 N–H and O–H groups in total. The molecule has 0 aromatic rings. The molecule has 0 spiro atoms. The average Bonchev–Trinajstić information content (AvgIpc) is 2.65. The first-order valence-corrected chi connectivity index (χ1v) is 5.92. The molecule has 0 amide bonds. The maximum absolute atomic E-state index is 2.27. The summed E-state index contributed by atoms with van der Waals surface area (Å²) in [6.45, 7) is 4.39. The number of allylic oxidation sites excluding steroid dienone is 6. The van der Waals surface area contributed by atoms with Crippen molar-refractivity contribution in [2.75, 3.05) is 0 Å². The van der Waals surface area contributed by atoms with Gasteiger partial charge in [-0.3, -0.25) is 0 Å². The molecular formula is C14H22. The van der Waals surface area contributed by atoms with E-state index in [0.29, 0.717) is 0 Å². The van der Waals surface area contributed by atoms with Crippen LogP contribution in [0.4, 0.5) is 0 Å². The van der Waals surface area contributed by atoms with Gasteiger partial charge in [-0.1, -0.05) is 56.9 Å². The maximum Gasteiger partial charge on any atom is -0.0267 e. The Morgan fingerprint density at radius 1 is 1.14 bits per heavy atom. The molecule has 0 saturated heterocycles. The number of rotatable bonds is 6. The highest BCUT2D eigenvalue weighted by molar-refractivity contribution is 5.47. The number of unbranched alkanes of at least 4 members (excludes halogenated alkanes) is 4. The lowest BCUT2D eigenvalue weighted by atomic mass is 10.0. The van der Waals surface area contributed by atoms with E-state index in [-0.39, 0.29) is 0 Å². The van der Waals surface area contributed by atoms with Gasteiger partial charge in [-0.25, -0.2) is 0 Å². The molecule has 0 heteroatoms. The molecule has 0 bridgehead atoms. The van der Waals surface area contributed by atoms with Gasteiger partial charge in [0.1, 0.15) is 0 Å². The topological polar surface area (TPSA) is 0 Å². The first-order chi connectivity index (χ1) is 6.88. The first-order valence-electron chi connectivity index (χ1n) is 5.92. The fourth-order valence-electron chi connectivity index (χ4n) is 1.90. The van der Waals surface area contributed by atoms with Crippen LogP contribution in [0, 0.1) is 0 Å². The smallest absolute Gasteiger partial charge is 0.0267 e. The lowest BCUT2D eigenvalue weighted by Gasteiger charge is -2.04. The van der Waals surface area contributed by atoms with Gasteiger partial charge in [-0.15, -0.1) is 0 Å². The second kappa shape index (κ2) is 6.64. The van der Waals surface area contributed by atoms with Crippen LogP contribution in [0.5, 0.6) is 0 Å². The molecule has 0 saturated carbocycles. The van der Waals surface area contributed by atoms with E-state index >= 15 is 0 Å². The Labute approximate surface area is 88.4 Å². The summed E-state index contributed by atoms with van der Waals surface area (Å²) in [5.41, 5.74) is 2.96. The van der Waals surface area contributed by atoms with Gasteiger partial charge in [-0.05, 0) is 30.9 Å². The molecule has 0 heterocycles. The van der Waals surface area contributed by atoms with Crippen molar-refractivity contribution in [3.63, 3.8) is 0 Å². The van der Waals surface area contributed by atoms with Crippen molar-refractivity contribution in [2.24, 2.45) is 0 Å². The fourth-order valence-corrected chi connectivity index (χ4v) is 1.90. The van der Waals surface area contributed by atoms with Gasteiger partial charge in [0.25, 0.3) is 0 Å². The lowest BCUT2D eigenvalue weighted by Crippen LogP contribution is -1.85. The summed E-state index contributed by atoms with van der Waals surface area (Å²) in [5, 5.41) is 0. The predicted octanol–water partition coefficient (Wildman–Crippen LogP) is 4.79. The monoisotopic (exact) mass is 190 g/mol. The zero-order valence-corrected chi connectivity index (χ0v) is 9.55. The Morgan fingerprint density at radius 3 is 2.64 bits per heavy atom. The molecule has 14 heavy (non-hydrogen) atoms. The average molecular weight is 190 g/mol. The molecular weight excluding hydrogens is 168 g/mol. The first kappa shape index (κ1) is 11.3. The zero-order valence-electron chi connectivity index (χ0n) is 9.55. The van der Waals surface area contributed by atoms with Gasteiger partial charge >= 0.3 is 0 Å². The standard InChI is InChI=1S/C14H22/c1-3-5-6-7-8-10-14-12-9-11-13(14)4-2/h4,9,11-12H,3,5-8,10H2,1-2H3.